The molecule has 3 N–H and O–H groups in total. The van der Waals surface area contributed by atoms with E-state index in [0.717, 1.165) is 36.3 Å². The van der Waals surface area contributed by atoms with Gasteiger partial charge in [-0.3, -0.25) is 0 Å². The SMILES string of the molecule is C=C1C(=CC=C2CCCC3(C)C2CCC3[C@@H](C)CCCC(C)(C)O)C[C@@H](O)[C@H](C)[C@@H]1O. The minimum absolute atomic E-state index is 0.149. The topological polar surface area (TPSA) is 60.7 Å². The average molecular weight is 431 g/mol. The first-order chi connectivity index (χ1) is 14.4. The van der Waals surface area contributed by atoms with Gasteiger partial charge >= 0.3 is 0 Å². The summed E-state index contributed by atoms with van der Waals surface area (Å²) < 4.78 is 0. The van der Waals surface area contributed by atoms with E-state index in [2.05, 4.69) is 32.6 Å². The second-order valence-corrected chi connectivity index (χ2v) is 11.8. The molecule has 0 amide bonds. The molecule has 3 saturated carbocycles. The lowest BCUT2D eigenvalue weighted by Gasteiger charge is -2.44. The normalized spacial score (nSPS) is 40.4. The van der Waals surface area contributed by atoms with Crippen LogP contribution in [0.15, 0.2) is 35.5 Å². The van der Waals surface area contributed by atoms with E-state index in [9.17, 15) is 15.3 Å². The zero-order chi connectivity index (χ0) is 23.0. The Morgan fingerprint density at radius 3 is 2.61 bits per heavy atom. The van der Waals surface area contributed by atoms with Gasteiger partial charge in [-0.05, 0) is 93.1 Å². The highest BCUT2D eigenvalue weighted by atomic mass is 16.3. The molecular weight excluding hydrogens is 384 g/mol. The number of hydrogen-bond donors (Lipinski definition) is 3. The lowest BCUT2D eigenvalue weighted by molar-refractivity contribution is 0.0283. The van der Waals surface area contributed by atoms with Gasteiger partial charge in [0.25, 0.3) is 0 Å². The van der Waals surface area contributed by atoms with E-state index in [0.29, 0.717) is 23.7 Å². The molecule has 3 aliphatic rings. The van der Waals surface area contributed by atoms with Gasteiger partial charge in [0, 0.05) is 5.92 Å². The van der Waals surface area contributed by atoms with Crippen LogP contribution >= 0.6 is 0 Å². The van der Waals surface area contributed by atoms with Crippen LogP contribution in [0.2, 0.25) is 0 Å². The number of fused-ring (bicyclic) bond motifs is 1. The number of rotatable bonds is 6. The predicted octanol–water partition coefficient (Wildman–Crippen LogP) is 5.95. The maximum absolute atomic E-state index is 10.4. The first kappa shape index (κ1) is 24.7. The summed E-state index contributed by atoms with van der Waals surface area (Å²) in [7, 11) is 0. The predicted molar refractivity (Wildman–Crippen MR) is 129 cm³/mol. The molecule has 3 aliphatic carbocycles. The first-order valence-corrected chi connectivity index (χ1v) is 12.6. The molecule has 3 nitrogen and oxygen atoms in total. The summed E-state index contributed by atoms with van der Waals surface area (Å²) in [4.78, 5) is 0. The summed E-state index contributed by atoms with van der Waals surface area (Å²) in [6.07, 6.45) is 13.4. The summed E-state index contributed by atoms with van der Waals surface area (Å²) >= 11 is 0. The molecule has 0 aromatic heterocycles. The zero-order valence-electron chi connectivity index (χ0n) is 20.5. The molecular formula is C28H46O3. The second kappa shape index (κ2) is 9.53. The highest BCUT2D eigenvalue weighted by Crippen LogP contribution is 2.60. The van der Waals surface area contributed by atoms with E-state index in [1.807, 2.05) is 20.8 Å². The highest BCUT2D eigenvalue weighted by molar-refractivity contribution is 5.39. The van der Waals surface area contributed by atoms with Gasteiger partial charge in [0.05, 0.1) is 17.8 Å². The second-order valence-electron chi connectivity index (χ2n) is 11.8. The highest BCUT2D eigenvalue weighted by Gasteiger charge is 2.50. The van der Waals surface area contributed by atoms with E-state index in [-0.39, 0.29) is 5.92 Å². The van der Waals surface area contributed by atoms with Crippen molar-refractivity contribution < 1.29 is 15.3 Å². The Labute approximate surface area is 190 Å². The molecule has 3 heteroatoms. The molecule has 0 aromatic carbocycles. The number of allylic oxidation sites excluding steroid dienone is 3. The summed E-state index contributed by atoms with van der Waals surface area (Å²) in [6, 6.07) is 0. The van der Waals surface area contributed by atoms with Crippen molar-refractivity contribution in [2.75, 3.05) is 0 Å². The summed E-state index contributed by atoms with van der Waals surface area (Å²) in [5, 5.41) is 30.7. The molecule has 3 rings (SSSR count). The molecule has 0 radical (unpaired) electrons. The molecule has 31 heavy (non-hydrogen) atoms. The molecule has 0 spiro atoms. The number of aliphatic hydroxyl groups excluding tert-OH is 2. The average Bonchev–Trinajstić information content (AvgIpc) is 3.04. The van der Waals surface area contributed by atoms with Crippen molar-refractivity contribution in [2.24, 2.45) is 29.1 Å². The molecule has 0 aliphatic heterocycles. The third-order valence-corrected chi connectivity index (χ3v) is 8.97. The fourth-order valence-corrected chi connectivity index (χ4v) is 6.91. The van der Waals surface area contributed by atoms with Crippen LogP contribution in [0.1, 0.15) is 92.4 Å². The van der Waals surface area contributed by atoms with Crippen molar-refractivity contribution in [3.05, 3.63) is 35.5 Å². The monoisotopic (exact) mass is 430 g/mol. The lowest BCUT2D eigenvalue weighted by Crippen LogP contribution is -2.36. The van der Waals surface area contributed by atoms with E-state index < -0.39 is 17.8 Å². The fraction of sp³-hybridized carbons (Fsp3) is 0.786. The third-order valence-electron chi connectivity index (χ3n) is 8.97. The molecule has 3 unspecified atom stereocenters. The van der Waals surface area contributed by atoms with Crippen molar-refractivity contribution >= 4 is 0 Å². The smallest absolute Gasteiger partial charge is 0.0837 e. The van der Waals surface area contributed by atoms with Crippen LogP contribution in [0, 0.1) is 29.1 Å². The standard InChI is InChI=1S/C28H46O3/c1-18(9-7-15-27(4,5)31)23-13-14-24-21(10-8-16-28(23,24)6)11-12-22-17-25(29)20(3)26(30)19(22)2/h11-12,18,20,23-26,29-31H,2,7-10,13-17H2,1,3-6H3/t18-,20-,23?,24?,25+,26+,28?/m0/s1. The zero-order valence-corrected chi connectivity index (χ0v) is 20.5. The van der Waals surface area contributed by atoms with Crippen molar-refractivity contribution in [3.8, 4) is 0 Å². The molecule has 3 fully saturated rings. The summed E-state index contributed by atoms with van der Waals surface area (Å²) in [5.74, 6) is 1.94. The van der Waals surface area contributed by atoms with Crippen LogP contribution in [-0.2, 0) is 0 Å². The van der Waals surface area contributed by atoms with Gasteiger partial charge in [0.1, 0.15) is 0 Å². The Kier molecular flexibility index (Phi) is 7.61. The van der Waals surface area contributed by atoms with Gasteiger partial charge in [-0.15, -0.1) is 0 Å². The summed E-state index contributed by atoms with van der Waals surface area (Å²) in [5.41, 5.74) is 3.15. The Hall–Kier alpha value is -0.900. The minimum Gasteiger partial charge on any atom is -0.392 e. The Morgan fingerprint density at radius 1 is 1.23 bits per heavy atom. The van der Waals surface area contributed by atoms with E-state index in [4.69, 9.17) is 0 Å². The van der Waals surface area contributed by atoms with Crippen molar-refractivity contribution in [2.45, 2.75) is 110 Å². The van der Waals surface area contributed by atoms with Gasteiger partial charge in [0.2, 0.25) is 0 Å². The maximum atomic E-state index is 10.4. The molecule has 0 saturated heterocycles. The Bertz CT molecular complexity index is 712. The van der Waals surface area contributed by atoms with Crippen molar-refractivity contribution in [3.63, 3.8) is 0 Å². The van der Waals surface area contributed by atoms with Crippen LogP contribution in [-0.4, -0.2) is 33.1 Å². The van der Waals surface area contributed by atoms with Crippen LogP contribution in [0.25, 0.3) is 0 Å². The van der Waals surface area contributed by atoms with E-state index >= 15 is 0 Å². The lowest BCUT2D eigenvalue weighted by atomic mass is 9.60. The summed E-state index contributed by atoms with van der Waals surface area (Å²) in [6.45, 7) is 14.8. The molecule has 0 heterocycles. The quantitative estimate of drug-likeness (QED) is 0.488. The van der Waals surface area contributed by atoms with Crippen LogP contribution in [0.5, 0.6) is 0 Å². The van der Waals surface area contributed by atoms with Gasteiger partial charge in [-0.2, -0.15) is 0 Å². The Morgan fingerprint density at radius 2 is 1.94 bits per heavy atom. The molecule has 0 bridgehead atoms. The first-order valence-electron chi connectivity index (χ1n) is 12.6. The van der Waals surface area contributed by atoms with Crippen LogP contribution in [0.3, 0.4) is 0 Å². The third kappa shape index (κ3) is 5.37. The number of hydrogen-bond acceptors (Lipinski definition) is 3. The van der Waals surface area contributed by atoms with Gasteiger partial charge < -0.3 is 15.3 Å². The minimum atomic E-state index is -0.648. The van der Waals surface area contributed by atoms with Gasteiger partial charge in [-0.25, -0.2) is 0 Å². The molecule has 176 valence electrons. The van der Waals surface area contributed by atoms with E-state index in [1.54, 1.807) is 5.57 Å². The van der Waals surface area contributed by atoms with Crippen LogP contribution in [0.4, 0.5) is 0 Å². The van der Waals surface area contributed by atoms with Crippen molar-refractivity contribution in [1.82, 2.24) is 0 Å². The molecule has 7 atom stereocenters. The largest absolute Gasteiger partial charge is 0.392 e. The van der Waals surface area contributed by atoms with Crippen LogP contribution < -0.4 is 0 Å². The van der Waals surface area contributed by atoms with Crippen molar-refractivity contribution in [1.29, 1.82) is 0 Å². The fourth-order valence-electron chi connectivity index (χ4n) is 6.91. The van der Waals surface area contributed by atoms with Gasteiger partial charge in [0.15, 0.2) is 0 Å². The van der Waals surface area contributed by atoms with E-state index in [1.165, 1.54) is 32.1 Å². The number of aliphatic hydroxyl groups is 3. The maximum Gasteiger partial charge on any atom is 0.0837 e. The van der Waals surface area contributed by atoms with Gasteiger partial charge in [-0.1, -0.05) is 57.9 Å². The molecule has 0 aromatic rings. The Balaban J connectivity index is 1.71.